The molecule has 0 fully saturated rings. The Hall–Kier alpha value is -2.54. The summed E-state index contributed by atoms with van der Waals surface area (Å²) < 4.78 is 13.0. The minimum absolute atomic E-state index is 0.0994. The molecular weight excluding hydrogens is 308 g/mol. The summed E-state index contributed by atoms with van der Waals surface area (Å²) in [6.07, 6.45) is 4.39. The van der Waals surface area contributed by atoms with Gasteiger partial charge in [-0.05, 0) is 24.7 Å². The molecule has 24 heavy (non-hydrogen) atoms. The van der Waals surface area contributed by atoms with E-state index < -0.39 is 6.04 Å². The second-order valence-corrected chi connectivity index (χ2v) is 5.72. The maximum absolute atomic E-state index is 12.4. The number of hydrogen-bond acceptors (Lipinski definition) is 5. The maximum Gasteiger partial charge on any atom is 0.242 e. The van der Waals surface area contributed by atoms with E-state index in [1.165, 1.54) is 0 Å². The second kappa shape index (κ2) is 7.35. The molecule has 1 unspecified atom stereocenters. The number of benzene rings is 1. The Labute approximate surface area is 140 Å². The highest BCUT2D eigenvalue weighted by molar-refractivity contribution is 5.83. The van der Waals surface area contributed by atoms with Crippen LogP contribution >= 0.6 is 0 Å². The average Bonchev–Trinajstić information content (AvgIpc) is 2.87. The zero-order valence-electron chi connectivity index (χ0n) is 13.9. The van der Waals surface area contributed by atoms with E-state index in [0.717, 1.165) is 29.0 Å². The Morgan fingerprint density at radius 2 is 2.12 bits per heavy atom. The van der Waals surface area contributed by atoms with Crippen LogP contribution in [0.5, 0.6) is 11.5 Å². The third-order valence-corrected chi connectivity index (χ3v) is 3.89. The maximum atomic E-state index is 12.4. The molecule has 128 valence electrons. The van der Waals surface area contributed by atoms with Gasteiger partial charge < -0.3 is 20.1 Å². The van der Waals surface area contributed by atoms with Crippen LogP contribution in [0.4, 0.5) is 0 Å². The van der Waals surface area contributed by atoms with Crippen LogP contribution in [0.1, 0.15) is 23.6 Å². The highest BCUT2D eigenvalue weighted by Crippen LogP contribution is 2.30. The van der Waals surface area contributed by atoms with E-state index in [9.17, 15) is 4.79 Å². The van der Waals surface area contributed by atoms with Gasteiger partial charge in [-0.2, -0.15) is 5.10 Å². The molecule has 1 aromatic heterocycles. The molecule has 1 aliphatic heterocycles. The normalized spacial score (nSPS) is 14.8. The van der Waals surface area contributed by atoms with Gasteiger partial charge in [-0.15, -0.1) is 0 Å². The number of carbonyl (C=O) groups excluding carboxylic acids is 1. The molecule has 2 aromatic rings. The van der Waals surface area contributed by atoms with Gasteiger partial charge in [0.05, 0.1) is 19.4 Å². The van der Waals surface area contributed by atoms with E-state index in [2.05, 4.69) is 15.7 Å². The fourth-order valence-corrected chi connectivity index (χ4v) is 2.65. The SMILES string of the molecule is CNC(C(=O)NCc1ccc2c(c1)OCCCO2)c1cnn(C)c1. The summed E-state index contributed by atoms with van der Waals surface area (Å²) >= 11 is 0. The van der Waals surface area contributed by atoms with E-state index in [1.54, 1.807) is 17.9 Å². The number of nitrogens with zero attached hydrogens (tertiary/aromatic N) is 2. The van der Waals surface area contributed by atoms with Crippen LogP contribution in [-0.2, 0) is 18.4 Å². The first-order chi connectivity index (χ1) is 11.7. The second-order valence-electron chi connectivity index (χ2n) is 5.72. The molecule has 7 heteroatoms. The number of rotatable bonds is 5. The summed E-state index contributed by atoms with van der Waals surface area (Å²) in [6.45, 7) is 1.73. The monoisotopic (exact) mass is 330 g/mol. The lowest BCUT2D eigenvalue weighted by molar-refractivity contribution is -0.123. The van der Waals surface area contributed by atoms with Gasteiger partial charge in [0.2, 0.25) is 5.91 Å². The lowest BCUT2D eigenvalue weighted by atomic mass is 10.1. The van der Waals surface area contributed by atoms with Gasteiger partial charge >= 0.3 is 0 Å². The number of carbonyl (C=O) groups is 1. The van der Waals surface area contributed by atoms with Crippen molar-refractivity contribution in [2.24, 2.45) is 7.05 Å². The molecule has 2 heterocycles. The number of ether oxygens (including phenoxy) is 2. The third kappa shape index (κ3) is 3.68. The Morgan fingerprint density at radius 1 is 1.33 bits per heavy atom. The van der Waals surface area contributed by atoms with Crippen molar-refractivity contribution in [3.8, 4) is 11.5 Å². The lowest BCUT2D eigenvalue weighted by Crippen LogP contribution is -2.35. The summed E-state index contributed by atoms with van der Waals surface area (Å²) in [7, 11) is 3.58. The highest BCUT2D eigenvalue weighted by Gasteiger charge is 2.20. The van der Waals surface area contributed by atoms with Crippen LogP contribution in [0, 0.1) is 0 Å². The van der Waals surface area contributed by atoms with Crippen molar-refractivity contribution < 1.29 is 14.3 Å². The van der Waals surface area contributed by atoms with Crippen molar-refractivity contribution in [2.75, 3.05) is 20.3 Å². The van der Waals surface area contributed by atoms with Gasteiger partial charge in [0.1, 0.15) is 6.04 Å². The molecule has 0 aliphatic carbocycles. The molecule has 7 nitrogen and oxygen atoms in total. The van der Waals surface area contributed by atoms with Gasteiger partial charge in [-0.25, -0.2) is 0 Å². The zero-order valence-corrected chi connectivity index (χ0v) is 13.9. The van der Waals surface area contributed by atoms with Gasteiger partial charge in [-0.1, -0.05) is 6.07 Å². The van der Waals surface area contributed by atoms with Crippen LogP contribution in [0.2, 0.25) is 0 Å². The number of nitrogens with one attached hydrogen (secondary N) is 2. The fourth-order valence-electron chi connectivity index (χ4n) is 2.65. The molecule has 0 bridgehead atoms. The predicted octanol–water partition coefficient (Wildman–Crippen LogP) is 1.16. The number of amides is 1. The minimum atomic E-state index is -0.431. The van der Waals surface area contributed by atoms with Crippen molar-refractivity contribution in [3.05, 3.63) is 41.7 Å². The topological polar surface area (TPSA) is 77.4 Å². The molecule has 1 atom stereocenters. The van der Waals surface area contributed by atoms with Crippen molar-refractivity contribution in [2.45, 2.75) is 19.0 Å². The molecule has 0 saturated heterocycles. The van der Waals surface area contributed by atoms with Gasteiger partial charge in [0.25, 0.3) is 0 Å². The van der Waals surface area contributed by atoms with Gasteiger partial charge in [-0.3, -0.25) is 9.48 Å². The summed E-state index contributed by atoms with van der Waals surface area (Å²) in [5, 5.41) is 10.1. The molecular formula is C17H22N4O3. The van der Waals surface area contributed by atoms with Crippen LogP contribution < -0.4 is 20.1 Å². The number of hydrogen-bond donors (Lipinski definition) is 2. The van der Waals surface area contributed by atoms with Crippen molar-refractivity contribution in [3.63, 3.8) is 0 Å². The first kappa shape index (κ1) is 16.3. The van der Waals surface area contributed by atoms with E-state index in [4.69, 9.17) is 9.47 Å². The first-order valence-electron chi connectivity index (χ1n) is 7.99. The Balaban J connectivity index is 1.64. The molecule has 0 radical (unpaired) electrons. The number of likely N-dealkylation sites (N-methyl/N-ethyl adjacent to an activating group) is 1. The summed E-state index contributed by atoms with van der Waals surface area (Å²) in [6, 6.07) is 5.31. The van der Waals surface area contributed by atoms with Crippen LogP contribution in [0.25, 0.3) is 0 Å². The Morgan fingerprint density at radius 3 is 2.83 bits per heavy atom. The van der Waals surface area contributed by atoms with E-state index in [1.807, 2.05) is 31.4 Å². The molecule has 1 amide bonds. The third-order valence-electron chi connectivity index (χ3n) is 3.89. The zero-order chi connectivity index (χ0) is 16.9. The molecule has 1 aliphatic rings. The van der Waals surface area contributed by atoms with Crippen LogP contribution in [0.15, 0.2) is 30.6 Å². The Kier molecular flexibility index (Phi) is 5.00. The average molecular weight is 330 g/mol. The van der Waals surface area contributed by atoms with Gasteiger partial charge in [0.15, 0.2) is 11.5 Å². The lowest BCUT2D eigenvalue weighted by Gasteiger charge is -2.15. The summed E-state index contributed by atoms with van der Waals surface area (Å²) in [5.74, 6) is 1.39. The van der Waals surface area contributed by atoms with Crippen LogP contribution in [-0.4, -0.2) is 35.9 Å². The largest absolute Gasteiger partial charge is 0.490 e. The summed E-state index contributed by atoms with van der Waals surface area (Å²) in [5.41, 5.74) is 1.80. The van der Waals surface area contributed by atoms with Crippen molar-refractivity contribution in [1.82, 2.24) is 20.4 Å². The predicted molar refractivity (Wildman–Crippen MR) is 88.9 cm³/mol. The molecule has 0 spiro atoms. The number of aryl methyl sites for hydroxylation is 1. The van der Waals surface area contributed by atoms with E-state index >= 15 is 0 Å². The minimum Gasteiger partial charge on any atom is -0.490 e. The van der Waals surface area contributed by atoms with Gasteiger partial charge in [0, 0.05) is 31.8 Å². The molecule has 1 aromatic carbocycles. The number of fused-ring (bicyclic) bond motifs is 1. The highest BCUT2D eigenvalue weighted by atomic mass is 16.5. The molecule has 3 rings (SSSR count). The smallest absolute Gasteiger partial charge is 0.242 e. The standard InChI is InChI=1S/C17H22N4O3/c1-18-16(13-10-20-21(2)11-13)17(22)19-9-12-4-5-14-15(8-12)24-7-3-6-23-14/h4-5,8,10-11,16,18H,3,6-7,9H2,1-2H3,(H,19,22). The summed E-state index contributed by atoms with van der Waals surface area (Å²) in [4.78, 5) is 12.4. The van der Waals surface area contributed by atoms with E-state index in [0.29, 0.717) is 19.8 Å². The molecule has 0 saturated carbocycles. The van der Waals surface area contributed by atoms with Crippen LogP contribution in [0.3, 0.4) is 0 Å². The fraction of sp³-hybridized carbons (Fsp3) is 0.412. The quantitative estimate of drug-likeness (QED) is 0.860. The van der Waals surface area contributed by atoms with Crippen molar-refractivity contribution in [1.29, 1.82) is 0 Å². The Bertz CT molecular complexity index is 714. The first-order valence-corrected chi connectivity index (χ1v) is 7.99. The van der Waals surface area contributed by atoms with Crippen molar-refractivity contribution >= 4 is 5.91 Å². The van der Waals surface area contributed by atoms with E-state index in [-0.39, 0.29) is 5.91 Å². The number of aromatic nitrogens is 2. The molecule has 2 N–H and O–H groups in total.